The predicted molar refractivity (Wildman–Crippen MR) is 84.9 cm³/mol. The van der Waals surface area contributed by atoms with Crippen LogP contribution in [0.25, 0.3) is 0 Å². The molecular weight excluding hydrogens is 246 g/mol. The Morgan fingerprint density at radius 2 is 2.20 bits per heavy atom. The van der Waals surface area contributed by atoms with Crippen LogP contribution >= 0.6 is 0 Å². The van der Waals surface area contributed by atoms with Crippen molar-refractivity contribution in [3.05, 3.63) is 35.4 Å². The molecule has 0 amide bonds. The highest BCUT2D eigenvalue weighted by Crippen LogP contribution is 2.29. The van der Waals surface area contributed by atoms with E-state index in [2.05, 4.69) is 50.4 Å². The second kappa shape index (κ2) is 7.80. The smallest absolute Gasteiger partial charge is 0.0513 e. The highest BCUT2D eigenvalue weighted by Gasteiger charge is 2.26. The summed E-state index contributed by atoms with van der Waals surface area (Å²) < 4.78 is 5.59. The minimum Gasteiger partial charge on any atom is -0.381 e. The summed E-state index contributed by atoms with van der Waals surface area (Å²) in [5.74, 6) is 1.33. The zero-order valence-corrected chi connectivity index (χ0v) is 13.2. The molecule has 0 spiro atoms. The second-order valence-electron chi connectivity index (χ2n) is 6.40. The summed E-state index contributed by atoms with van der Waals surface area (Å²) in [5, 5.41) is 3.73. The number of nitrogens with one attached hydrogen (secondary N) is 1. The van der Waals surface area contributed by atoms with Gasteiger partial charge in [0.25, 0.3) is 0 Å². The molecule has 1 aromatic rings. The van der Waals surface area contributed by atoms with Crippen LogP contribution in [-0.4, -0.2) is 19.8 Å². The van der Waals surface area contributed by atoms with E-state index in [0.717, 1.165) is 26.2 Å². The van der Waals surface area contributed by atoms with E-state index in [9.17, 15) is 0 Å². The summed E-state index contributed by atoms with van der Waals surface area (Å²) in [5.41, 5.74) is 2.90. The number of ether oxygens (including phenoxy) is 1. The Hall–Kier alpha value is -0.860. The van der Waals surface area contributed by atoms with Gasteiger partial charge < -0.3 is 10.1 Å². The van der Waals surface area contributed by atoms with Crippen LogP contribution in [0.1, 0.15) is 50.8 Å². The quantitative estimate of drug-likeness (QED) is 0.813. The van der Waals surface area contributed by atoms with Gasteiger partial charge >= 0.3 is 0 Å². The van der Waals surface area contributed by atoms with E-state index in [-0.39, 0.29) is 0 Å². The summed E-state index contributed by atoms with van der Waals surface area (Å²) >= 11 is 0. The summed E-state index contributed by atoms with van der Waals surface area (Å²) in [6.07, 6.45) is 3.51. The number of benzene rings is 1. The first-order valence-electron chi connectivity index (χ1n) is 8.10. The summed E-state index contributed by atoms with van der Waals surface area (Å²) in [6, 6.07) is 9.58. The van der Waals surface area contributed by atoms with Crippen molar-refractivity contribution in [3.63, 3.8) is 0 Å². The molecule has 1 fully saturated rings. The van der Waals surface area contributed by atoms with Crippen LogP contribution in [0.2, 0.25) is 0 Å². The minimum atomic E-state index is 0.449. The molecule has 2 nitrogen and oxygen atoms in total. The molecule has 20 heavy (non-hydrogen) atoms. The third kappa shape index (κ3) is 4.32. The van der Waals surface area contributed by atoms with Gasteiger partial charge in [-0.05, 0) is 42.9 Å². The van der Waals surface area contributed by atoms with Crippen LogP contribution in [0.3, 0.4) is 0 Å². The first-order chi connectivity index (χ1) is 9.70. The van der Waals surface area contributed by atoms with Crippen LogP contribution in [-0.2, 0) is 11.2 Å². The number of hydrogen-bond donors (Lipinski definition) is 1. The van der Waals surface area contributed by atoms with Gasteiger partial charge in [0.05, 0.1) is 6.61 Å². The molecule has 0 bridgehead atoms. The van der Waals surface area contributed by atoms with E-state index in [1.165, 1.54) is 24.0 Å². The number of rotatable bonds is 7. The SMILES string of the molecule is CCCNC(c1cccc(CC(C)C)c1)C1CCOC1. The van der Waals surface area contributed by atoms with Crippen molar-refractivity contribution in [2.45, 2.75) is 46.1 Å². The van der Waals surface area contributed by atoms with Gasteiger partial charge in [-0.15, -0.1) is 0 Å². The van der Waals surface area contributed by atoms with Gasteiger partial charge in [-0.25, -0.2) is 0 Å². The Balaban J connectivity index is 2.14. The molecule has 1 aliphatic rings. The lowest BCUT2D eigenvalue weighted by Gasteiger charge is -2.25. The molecule has 2 atom stereocenters. The molecule has 2 rings (SSSR count). The van der Waals surface area contributed by atoms with E-state index < -0.39 is 0 Å². The molecule has 1 saturated heterocycles. The van der Waals surface area contributed by atoms with Crippen LogP contribution in [0.15, 0.2) is 24.3 Å². The summed E-state index contributed by atoms with van der Waals surface area (Å²) in [4.78, 5) is 0. The summed E-state index contributed by atoms with van der Waals surface area (Å²) in [7, 11) is 0. The molecule has 0 saturated carbocycles. The molecular formula is C18H29NO. The van der Waals surface area contributed by atoms with E-state index in [4.69, 9.17) is 4.74 Å². The Bertz CT molecular complexity index is 396. The standard InChI is InChI=1S/C18H29NO/c1-4-9-19-18(17-8-10-20-13-17)16-7-5-6-15(12-16)11-14(2)3/h5-7,12,14,17-19H,4,8-11,13H2,1-3H3. The van der Waals surface area contributed by atoms with Crippen molar-refractivity contribution >= 4 is 0 Å². The van der Waals surface area contributed by atoms with Crippen LogP contribution in [0, 0.1) is 11.8 Å². The third-order valence-electron chi connectivity index (χ3n) is 4.00. The Morgan fingerprint density at radius 1 is 1.35 bits per heavy atom. The van der Waals surface area contributed by atoms with Crippen molar-refractivity contribution in [1.82, 2.24) is 5.32 Å². The molecule has 112 valence electrons. The van der Waals surface area contributed by atoms with Gasteiger partial charge in [-0.3, -0.25) is 0 Å². The minimum absolute atomic E-state index is 0.449. The van der Waals surface area contributed by atoms with E-state index in [1.54, 1.807) is 0 Å². The van der Waals surface area contributed by atoms with Crippen LogP contribution < -0.4 is 5.32 Å². The molecule has 1 aliphatic heterocycles. The largest absolute Gasteiger partial charge is 0.381 e. The second-order valence-corrected chi connectivity index (χ2v) is 6.40. The van der Waals surface area contributed by atoms with Crippen LogP contribution in [0.5, 0.6) is 0 Å². The topological polar surface area (TPSA) is 21.3 Å². The van der Waals surface area contributed by atoms with Gasteiger partial charge in [0, 0.05) is 18.6 Å². The maximum atomic E-state index is 5.59. The fourth-order valence-corrected chi connectivity index (χ4v) is 3.06. The molecule has 2 unspecified atom stereocenters. The zero-order chi connectivity index (χ0) is 14.4. The fraction of sp³-hybridized carbons (Fsp3) is 0.667. The van der Waals surface area contributed by atoms with Gasteiger partial charge in [0.1, 0.15) is 0 Å². The van der Waals surface area contributed by atoms with E-state index >= 15 is 0 Å². The van der Waals surface area contributed by atoms with Gasteiger partial charge in [0.15, 0.2) is 0 Å². The van der Waals surface area contributed by atoms with Crippen molar-refractivity contribution < 1.29 is 4.74 Å². The van der Waals surface area contributed by atoms with E-state index in [1.807, 2.05) is 0 Å². The fourth-order valence-electron chi connectivity index (χ4n) is 3.06. The van der Waals surface area contributed by atoms with Crippen LogP contribution in [0.4, 0.5) is 0 Å². The van der Waals surface area contributed by atoms with Crippen molar-refractivity contribution in [3.8, 4) is 0 Å². The lowest BCUT2D eigenvalue weighted by Crippen LogP contribution is -2.29. The summed E-state index contributed by atoms with van der Waals surface area (Å²) in [6.45, 7) is 9.69. The highest BCUT2D eigenvalue weighted by atomic mass is 16.5. The third-order valence-corrected chi connectivity index (χ3v) is 4.00. The first kappa shape index (κ1) is 15.5. The Labute approximate surface area is 123 Å². The molecule has 0 radical (unpaired) electrons. The maximum Gasteiger partial charge on any atom is 0.0513 e. The first-order valence-corrected chi connectivity index (χ1v) is 8.10. The normalized spacial score (nSPS) is 20.5. The molecule has 1 aromatic carbocycles. The van der Waals surface area contributed by atoms with Gasteiger partial charge in [-0.2, -0.15) is 0 Å². The Morgan fingerprint density at radius 3 is 2.85 bits per heavy atom. The highest BCUT2D eigenvalue weighted by molar-refractivity contribution is 5.27. The van der Waals surface area contributed by atoms with Crippen molar-refractivity contribution in [2.24, 2.45) is 11.8 Å². The van der Waals surface area contributed by atoms with Gasteiger partial charge in [0.2, 0.25) is 0 Å². The zero-order valence-electron chi connectivity index (χ0n) is 13.2. The predicted octanol–water partition coefficient (Wildman–Crippen LogP) is 3.96. The lowest BCUT2D eigenvalue weighted by molar-refractivity contribution is 0.176. The molecule has 0 aromatic heterocycles. The molecule has 0 aliphatic carbocycles. The van der Waals surface area contributed by atoms with Crippen molar-refractivity contribution in [1.29, 1.82) is 0 Å². The Kier molecular flexibility index (Phi) is 6.06. The van der Waals surface area contributed by atoms with Gasteiger partial charge in [-0.1, -0.05) is 45.0 Å². The molecule has 1 heterocycles. The van der Waals surface area contributed by atoms with Crippen molar-refractivity contribution in [2.75, 3.05) is 19.8 Å². The molecule has 2 heteroatoms. The monoisotopic (exact) mass is 275 g/mol. The molecule has 1 N–H and O–H groups in total. The average Bonchev–Trinajstić information content (AvgIpc) is 2.93. The lowest BCUT2D eigenvalue weighted by atomic mass is 9.90. The average molecular weight is 275 g/mol. The number of hydrogen-bond acceptors (Lipinski definition) is 2. The van der Waals surface area contributed by atoms with E-state index in [0.29, 0.717) is 17.9 Å². The maximum absolute atomic E-state index is 5.59.